The Morgan fingerprint density at radius 3 is 3.11 bits per heavy atom. The molecule has 1 aromatic carbocycles. The molecule has 1 amide bonds. The van der Waals surface area contributed by atoms with E-state index in [-0.39, 0.29) is 12.7 Å². The average Bonchev–Trinajstić information content (AvgIpc) is 2.90. The van der Waals surface area contributed by atoms with Gasteiger partial charge in [0.05, 0.1) is 6.04 Å². The molecule has 1 aromatic rings. The minimum absolute atomic E-state index is 0.120. The second-order valence-corrected chi connectivity index (χ2v) is 4.62. The van der Waals surface area contributed by atoms with E-state index in [1.54, 1.807) is 0 Å². The summed E-state index contributed by atoms with van der Waals surface area (Å²) < 4.78 is 10.7. The molecule has 1 aliphatic rings. The van der Waals surface area contributed by atoms with Crippen LogP contribution in [0.4, 0.5) is 0 Å². The Bertz CT molecular complexity index is 448. The number of ether oxygens (including phenoxy) is 2. The van der Waals surface area contributed by atoms with E-state index in [2.05, 4.69) is 12.2 Å². The van der Waals surface area contributed by atoms with Crippen molar-refractivity contribution in [2.24, 2.45) is 5.73 Å². The number of hydrogen-bond acceptors (Lipinski definition) is 4. The molecule has 104 valence electrons. The number of unbranched alkanes of at least 4 members (excludes halogenated alkanes) is 1. The summed E-state index contributed by atoms with van der Waals surface area (Å²) in [6, 6.07) is 5.20. The lowest BCUT2D eigenvalue weighted by Gasteiger charge is -2.12. The fourth-order valence-electron chi connectivity index (χ4n) is 2.00. The van der Waals surface area contributed by atoms with Crippen LogP contribution in [0.2, 0.25) is 0 Å². The van der Waals surface area contributed by atoms with Gasteiger partial charge in [-0.3, -0.25) is 4.79 Å². The van der Waals surface area contributed by atoms with Crippen LogP contribution in [0.5, 0.6) is 11.5 Å². The predicted octanol–water partition coefficient (Wildman–Crippen LogP) is 1.55. The normalized spacial score (nSPS) is 14.2. The zero-order valence-corrected chi connectivity index (χ0v) is 11.1. The van der Waals surface area contributed by atoms with Crippen LogP contribution in [-0.4, -0.2) is 18.7 Å². The Hall–Kier alpha value is -1.75. The van der Waals surface area contributed by atoms with E-state index in [4.69, 9.17) is 15.2 Å². The number of rotatable bonds is 6. The molecule has 0 saturated carbocycles. The molecule has 5 nitrogen and oxygen atoms in total. The molecule has 1 aliphatic heterocycles. The second-order valence-electron chi connectivity index (χ2n) is 4.62. The van der Waals surface area contributed by atoms with Crippen molar-refractivity contribution in [1.29, 1.82) is 0 Å². The fraction of sp³-hybridized carbons (Fsp3) is 0.500. The molecule has 1 atom stereocenters. The molecule has 0 unspecified atom stereocenters. The van der Waals surface area contributed by atoms with Crippen LogP contribution in [0.3, 0.4) is 0 Å². The first-order valence-electron chi connectivity index (χ1n) is 6.63. The number of benzene rings is 1. The van der Waals surface area contributed by atoms with E-state index in [1.807, 2.05) is 18.2 Å². The highest BCUT2D eigenvalue weighted by atomic mass is 16.7. The highest BCUT2D eigenvalue weighted by Gasteiger charge is 2.18. The summed E-state index contributed by atoms with van der Waals surface area (Å²) in [5, 5.41) is 2.84. The van der Waals surface area contributed by atoms with Crippen molar-refractivity contribution in [2.75, 3.05) is 6.79 Å². The number of para-hydroxylation sites is 1. The second kappa shape index (κ2) is 6.43. The Morgan fingerprint density at radius 1 is 1.47 bits per heavy atom. The SMILES string of the molecule is CCCC[C@H](N)C(=O)NCc1cccc2c1OCO2. The first-order chi connectivity index (χ1) is 9.22. The van der Waals surface area contributed by atoms with Crippen molar-refractivity contribution in [1.82, 2.24) is 5.32 Å². The molecule has 0 aromatic heterocycles. The molecular formula is C14H20N2O3. The van der Waals surface area contributed by atoms with Gasteiger partial charge in [0, 0.05) is 12.1 Å². The van der Waals surface area contributed by atoms with Crippen LogP contribution in [-0.2, 0) is 11.3 Å². The molecule has 2 rings (SSSR count). The van der Waals surface area contributed by atoms with Crippen LogP contribution in [0.1, 0.15) is 31.7 Å². The van der Waals surface area contributed by atoms with Gasteiger partial charge >= 0.3 is 0 Å². The van der Waals surface area contributed by atoms with Crippen LogP contribution < -0.4 is 20.5 Å². The number of nitrogens with two attached hydrogens (primary N) is 1. The van der Waals surface area contributed by atoms with Crippen molar-refractivity contribution in [3.05, 3.63) is 23.8 Å². The fourth-order valence-corrected chi connectivity index (χ4v) is 2.00. The van der Waals surface area contributed by atoms with Gasteiger partial charge in [0.15, 0.2) is 11.5 Å². The third-order valence-electron chi connectivity index (χ3n) is 3.14. The lowest BCUT2D eigenvalue weighted by atomic mass is 10.1. The summed E-state index contributed by atoms with van der Waals surface area (Å²) in [6.07, 6.45) is 2.72. The Labute approximate surface area is 113 Å². The topological polar surface area (TPSA) is 73.6 Å². The van der Waals surface area contributed by atoms with Gasteiger partial charge in [-0.2, -0.15) is 0 Å². The summed E-state index contributed by atoms with van der Waals surface area (Å²) in [5.74, 6) is 1.32. The first-order valence-corrected chi connectivity index (χ1v) is 6.63. The average molecular weight is 264 g/mol. The van der Waals surface area contributed by atoms with Crippen molar-refractivity contribution >= 4 is 5.91 Å². The van der Waals surface area contributed by atoms with Gasteiger partial charge in [0.1, 0.15) is 0 Å². The van der Waals surface area contributed by atoms with E-state index in [1.165, 1.54) is 0 Å². The van der Waals surface area contributed by atoms with Crippen molar-refractivity contribution in [2.45, 2.75) is 38.8 Å². The smallest absolute Gasteiger partial charge is 0.237 e. The summed E-state index contributed by atoms with van der Waals surface area (Å²) in [5.41, 5.74) is 6.72. The zero-order chi connectivity index (χ0) is 13.7. The molecule has 0 saturated heterocycles. The molecule has 0 bridgehead atoms. The molecule has 1 heterocycles. The maximum absolute atomic E-state index is 11.8. The minimum atomic E-state index is -0.436. The number of amides is 1. The summed E-state index contributed by atoms with van der Waals surface area (Å²) >= 11 is 0. The van der Waals surface area contributed by atoms with Crippen LogP contribution >= 0.6 is 0 Å². The third-order valence-corrected chi connectivity index (χ3v) is 3.14. The monoisotopic (exact) mass is 264 g/mol. The quantitative estimate of drug-likeness (QED) is 0.817. The van der Waals surface area contributed by atoms with E-state index in [0.29, 0.717) is 12.3 Å². The molecule has 0 fully saturated rings. The standard InChI is InChI=1S/C14H20N2O3/c1-2-3-6-11(15)14(17)16-8-10-5-4-7-12-13(10)19-9-18-12/h4-5,7,11H,2-3,6,8-9,15H2,1H3,(H,16,17)/t11-/m0/s1. The van der Waals surface area contributed by atoms with Gasteiger partial charge in [0.25, 0.3) is 0 Å². The van der Waals surface area contributed by atoms with Crippen molar-refractivity contribution in [3.63, 3.8) is 0 Å². The lowest BCUT2D eigenvalue weighted by molar-refractivity contribution is -0.122. The highest BCUT2D eigenvalue weighted by Crippen LogP contribution is 2.35. The van der Waals surface area contributed by atoms with Gasteiger partial charge in [-0.15, -0.1) is 0 Å². The number of hydrogen-bond donors (Lipinski definition) is 2. The van der Waals surface area contributed by atoms with Crippen molar-refractivity contribution < 1.29 is 14.3 Å². The predicted molar refractivity (Wildman–Crippen MR) is 71.9 cm³/mol. The van der Waals surface area contributed by atoms with Crippen molar-refractivity contribution in [3.8, 4) is 11.5 Å². The Morgan fingerprint density at radius 2 is 2.32 bits per heavy atom. The largest absolute Gasteiger partial charge is 0.454 e. The minimum Gasteiger partial charge on any atom is -0.454 e. The molecule has 0 spiro atoms. The number of nitrogens with one attached hydrogen (secondary N) is 1. The number of carbonyl (C=O) groups is 1. The maximum atomic E-state index is 11.8. The maximum Gasteiger partial charge on any atom is 0.237 e. The summed E-state index contributed by atoms with van der Waals surface area (Å²) in [7, 11) is 0. The summed E-state index contributed by atoms with van der Waals surface area (Å²) in [6.45, 7) is 2.72. The molecule has 0 aliphatic carbocycles. The van der Waals surface area contributed by atoms with E-state index in [9.17, 15) is 4.79 Å². The third kappa shape index (κ3) is 3.38. The molecular weight excluding hydrogens is 244 g/mol. The molecule has 5 heteroatoms. The van der Waals surface area contributed by atoms with Gasteiger partial charge < -0.3 is 20.5 Å². The molecule has 3 N–H and O–H groups in total. The zero-order valence-electron chi connectivity index (χ0n) is 11.1. The van der Waals surface area contributed by atoms with E-state index >= 15 is 0 Å². The molecule has 0 radical (unpaired) electrons. The van der Waals surface area contributed by atoms with E-state index < -0.39 is 6.04 Å². The van der Waals surface area contributed by atoms with Gasteiger partial charge in [-0.05, 0) is 12.5 Å². The van der Waals surface area contributed by atoms with E-state index in [0.717, 1.165) is 30.6 Å². The van der Waals surface area contributed by atoms with Crippen LogP contribution in [0.15, 0.2) is 18.2 Å². The van der Waals surface area contributed by atoms with Crippen LogP contribution in [0, 0.1) is 0 Å². The number of fused-ring (bicyclic) bond motifs is 1. The molecule has 19 heavy (non-hydrogen) atoms. The highest BCUT2D eigenvalue weighted by molar-refractivity contribution is 5.81. The lowest BCUT2D eigenvalue weighted by Crippen LogP contribution is -2.40. The first kappa shape index (κ1) is 13.7. The van der Waals surface area contributed by atoms with Gasteiger partial charge in [-0.1, -0.05) is 31.9 Å². The van der Waals surface area contributed by atoms with Gasteiger partial charge in [0.2, 0.25) is 12.7 Å². The van der Waals surface area contributed by atoms with Gasteiger partial charge in [-0.25, -0.2) is 0 Å². The van der Waals surface area contributed by atoms with Crippen LogP contribution in [0.25, 0.3) is 0 Å². The Kier molecular flexibility index (Phi) is 4.63. The number of carbonyl (C=O) groups excluding carboxylic acids is 1. The Balaban J connectivity index is 1.89. The summed E-state index contributed by atoms with van der Waals surface area (Å²) in [4.78, 5) is 11.8.